The molecule has 0 aliphatic heterocycles. The van der Waals surface area contributed by atoms with E-state index in [9.17, 15) is 8.42 Å². The Hall–Kier alpha value is -3.51. The van der Waals surface area contributed by atoms with Crippen molar-refractivity contribution in [3.05, 3.63) is 48.7 Å². The van der Waals surface area contributed by atoms with Gasteiger partial charge in [-0.2, -0.15) is 10.2 Å². The molecular formula is C20H23N7O4S. The van der Waals surface area contributed by atoms with E-state index in [1.165, 1.54) is 24.2 Å². The van der Waals surface area contributed by atoms with E-state index in [0.29, 0.717) is 16.7 Å². The molecule has 4 rings (SSSR count). The average molecular weight is 458 g/mol. The Bertz CT molecular complexity index is 1390. The Labute approximate surface area is 185 Å². The molecule has 0 fully saturated rings. The van der Waals surface area contributed by atoms with E-state index in [2.05, 4.69) is 24.9 Å². The van der Waals surface area contributed by atoms with Gasteiger partial charge in [0.2, 0.25) is 5.88 Å². The number of aryl methyl sites for hydroxylation is 1. The Morgan fingerprint density at radius 2 is 1.88 bits per heavy atom. The van der Waals surface area contributed by atoms with Crippen LogP contribution in [-0.2, 0) is 27.4 Å². The van der Waals surface area contributed by atoms with Gasteiger partial charge in [-0.05, 0) is 31.5 Å². The van der Waals surface area contributed by atoms with Crippen molar-refractivity contribution in [3.8, 4) is 11.7 Å². The molecule has 12 heteroatoms. The van der Waals surface area contributed by atoms with E-state index in [1.807, 2.05) is 19.9 Å². The molecular weight excluding hydrogens is 434 g/mol. The first kappa shape index (κ1) is 21.7. The SMILES string of the molecule is COc1ncc2cnn(C)c2c1NS(=O)(=O)c1cnn(-c2cc(C(C)(C)OC)ccn2)c1. The van der Waals surface area contributed by atoms with Crippen LogP contribution in [0.3, 0.4) is 0 Å². The summed E-state index contributed by atoms with van der Waals surface area (Å²) in [7, 11) is 0.735. The molecule has 0 bridgehead atoms. The van der Waals surface area contributed by atoms with E-state index in [-0.39, 0.29) is 16.5 Å². The van der Waals surface area contributed by atoms with Crippen molar-refractivity contribution in [2.24, 2.45) is 7.05 Å². The van der Waals surface area contributed by atoms with Gasteiger partial charge in [0.15, 0.2) is 5.82 Å². The molecule has 4 heterocycles. The third-order valence-electron chi connectivity index (χ3n) is 5.22. The first-order valence-corrected chi connectivity index (χ1v) is 11.1. The van der Waals surface area contributed by atoms with Crippen LogP contribution in [0.15, 0.2) is 48.0 Å². The zero-order valence-electron chi connectivity index (χ0n) is 18.3. The van der Waals surface area contributed by atoms with E-state index in [1.54, 1.807) is 43.5 Å². The van der Waals surface area contributed by atoms with Crippen LogP contribution in [0.1, 0.15) is 19.4 Å². The van der Waals surface area contributed by atoms with Gasteiger partial charge >= 0.3 is 0 Å². The number of hydrogen-bond donors (Lipinski definition) is 1. The number of hydrogen-bond acceptors (Lipinski definition) is 8. The number of sulfonamides is 1. The second-order valence-electron chi connectivity index (χ2n) is 7.56. The van der Waals surface area contributed by atoms with Gasteiger partial charge in [-0.3, -0.25) is 9.40 Å². The molecule has 0 aromatic carbocycles. The van der Waals surface area contributed by atoms with Crippen molar-refractivity contribution < 1.29 is 17.9 Å². The van der Waals surface area contributed by atoms with Gasteiger partial charge in [-0.15, -0.1) is 0 Å². The van der Waals surface area contributed by atoms with Crippen LogP contribution in [0.25, 0.3) is 16.7 Å². The number of ether oxygens (including phenoxy) is 2. The van der Waals surface area contributed by atoms with Crippen molar-refractivity contribution in [2.75, 3.05) is 18.9 Å². The highest BCUT2D eigenvalue weighted by molar-refractivity contribution is 7.92. The van der Waals surface area contributed by atoms with Gasteiger partial charge < -0.3 is 9.47 Å². The molecule has 0 amide bonds. The number of aromatic nitrogens is 6. The van der Waals surface area contributed by atoms with E-state index in [0.717, 1.165) is 5.56 Å². The number of nitrogens with one attached hydrogen (secondary N) is 1. The average Bonchev–Trinajstić information content (AvgIpc) is 3.42. The molecule has 0 unspecified atom stereocenters. The minimum Gasteiger partial charge on any atom is -0.479 e. The molecule has 4 aromatic heterocycles. The molecule has 4 aromatic rings. The Kier molecular flexibility index (Phi) is 5.34. The molecule has 0 saturated carbocycles. The Balaban J connectivity index is 1.71. The van der Waals surface area contributed by atoms with Crippen LogP contribution in [0, 0.1) is 0 Å². The largest absolute Gasteiger partial charge is 0.479 e. The predicted octanol–water partition coefficient (Wildman–Crippen LogP) is 2.24. The standard InChI is InChI=1S/C20H23N7O4S/c1-20(2,31-5)14-6-7-21-16(8-14)27-12-15(11-24-27)32(28,29)25-17-18-13(10-23-26(18)3)9-22-19(17)30-4/h6-12,25H,1-5H3. The lowest BCUT2D eigenvalue weighted by Crippen LogP contribution is -2.20. The maximum Gasteiger partial charge on any atom is 0.265 e. The molecule has 11 nitrogen and oxygen atoms in total. The minimum absolute atomic E-state index is 0.0445. The molecule has 0 aliphatic rings. The van der Waals surface area contributed by atoms with E-state index in [4.69, 9.17) is 9.47 Å². The lowest BCUT2D eigenvalue weighted by Gasteiger charge is -2.23. The van der Waals surface area contributed by atoms with Crippen molar-refractivity contribution in [1.82, 2.24) is 29.5 Å². The number of pyridine rings is 2. The maximum atomic E-state index is 13.1. The van der Waals surface area contributed by atoms with Gasteiger partial charge in [0.25, 0.3) is 10.0 Å². The van der Waals surface area contributed by atoms with Gasteiger partial charge in [0.05, 0.1) is 36.8 Å². The molecule has 32 heavy (non-hydrogen) atoms. The first-order chi connectivity index (χ1) is 15.2. The minimum atomic E-state index is -4.01. The number of fused-ring (bicyclic) bond motifs is 1. The zero-order chi connectivity index (χ0) is 23.1. The summed E-state index contributed by atoms with van der Waals surface area (Å²) < 4.78 is 42.6. The number of nitrogens with zero attached hydrogens (tertiary/aromatic N) is 6. The summed E-state index contributed by atoms with van der Waals surface area (Å²) in [5.41, 5.74) is 1.08. The fraction of sp³-hybridized carbons (Fsp3) is 0.300. The number of methoxy groups -OCH3 is 2. The summed E-state index contributed by atoms with van der Waals surface area (Å²) in [6.07, 6.45) is 7.42. The van der Waals surface area contributed by atoms with Gasteiger partial charge in [-0.1, -0.05) is 0 Å². The molecule has 0 spiro atoms. The maximum absolute atomic E-state index is 13.1. The van der Waals surface area contributed by atoms with Crippen LogP contribution in [-0.4, -0.2) is 52.2 Å². The normalized spacial score (nSPS) is 12.3. The summed E-state index contributed by atoms with van der Waals surface area (Å²) in [6, 6.07) is 3.63. The van der Waals surface area contributed by atoms with Crippen molar-refractivity contribution in [1.29, 1.82) is 0 Å². The topological polar surface area (TPSA) is 126 Å². The van der Waals surface area contributed by atoms with Crippen LogP contribution < -0.4 is 9.46 Å². The molecule has 0 radical (unpaired) electrons. The van der Waals surface area contributed by atoms with Gasteiger partial charge in [-0.25, -0.2) is 23.1 Å². The second kappa shape index (κ2) is 7.88. The van der Waals surface area contributed by atoms with Crippen LogP contribution in [0.2, 0.25) is 0 Å². The van der Waals surface area contributed by atoms with E-state index >= 15 is 0 Å². The molecule has 1 N–H and O–H groups in total. The quantitative estimate of drug-likeness (QED) is 0.448. The lowest BCUT2D eigenvalue weighted by atomic mass is 9.99. The van der Waals surface area contributed by atoms with Crippen molar-refractivity contribution in [2.45, 2.75) is 24.3 Å². The molecule has 168 valence electrons. The first-order valence-electron chi connectivity index (χ1n) is 9.60. The number of rotatable bonds is 7. The highest BCUT2D eigenvalue weighted by atomic mass is 32.2. The van der Waals surface area contributed by atoms with Gasteiger partial charge in [0, 0.05) is 31.9 Å². The summed E-state index contributed by atoms with van der Waals surface area (Å²) in [5, 5.41) is 9.02. The second-order valence-corrected chi connectivity index (χ2v) is 9.24. The molecule has 0 saturated heterocycles. The smallest absolute Gasteiger partial charge is 0.265 e. The third-order valence-corrected chi connectivity index (χ3v) is 6.53. The highest BCUT2D eigenvalue weighted by Gasteiger charge is 2.24. The van der Waals surface area contributed by atoms with Crippen LogP contribution in [0.4, 0.5) is 5.69 Å². The van der Waals surface area contributed by atoms with Crippen LogP contribution >= 0.6 is 0 Å². The summed E-state index contributed by atoms with van der Waals surface area (Å²) in [6.45, 7) is 3.85. The molecule has 0 aliphatic carbocycles. The Morgan fingerprint density at radius 3 is 2.59 bits per heavy atom. The van der Waals surface area contributed by atoms with E-state index < -0.39 is 15.6 Å². The van der Waals surface area contributed by atoms with Crippen molar-refractivity contribution >= 4 is 26.6 Å². The fourth-order valence-corrected chi connectivity index (χ4v) is 4.19. The van der Waals surface area contributed by atoms with Crippen molar-refractivity contribution in [3.63, 3.8) is 0 Å². The predicted molar refractivity (Wildman–Crippen MR) is 117 cm³/mol. The summed E-state index contributed by atoms with van der Waals surface area (Å²) in [5.74, 6) is 0.593. The lowest BCUT2D eigenvalue weighted by molar-refractivity contribution is 0.0191. The summed E-state index contributed by atoms with van der Waals surface area (Å²) >= 11 is 0. The Morgan fingerprint density at radius 1 is 1.09 bits per heavy atom. The molecule has 0 atom stereocenters. The van der Waals surface area contributed by atoms with Gasteiger partial charge in [0.1, 0.15) is 10.6 Å². The monoisotopic (exact) mass is 457 g/mol. The third kappa shape index (κ3) is 3.78. The zero-order valence-corrected chi connectivity index (χ0v) is 19.1. The highest BCUT2D eigenvalue weighted by Crippen LogP contribution is 2.32. The fourth-order valence-electron chi connectivity index (χ4n) is 3.20. The summed E-state index contributed by atoms with van der Waals surface area (Å²) in [4.78, 5) is 8.42. The van der Waals surface area contributed by atoms with Crippen LogP contribution in [0.5, 0.6) is 5.88 Å². The number of anilines is 1.